The number of para-hydroxylation sites is 1. The summed E-state index contributed by atoms with van der Waals surface area (Å²) in [5.41, 5.74) is 1.89. The molecule has 0 N–H and O–H groups in total. The first-order valence-electron chi connectivity index (χ1n) is 6.63. The quantitative estimate of drug-likeness (QED) is 0.676. The summed E-state index contributed by atoms with van der Waals surface area (Å²) >= 11 is 0. The number of fused-ring (bicyclic) bond motifs is 2. The van der Waals surface area contributed by atoms with Crippen LogP contribution in [0, 0.1) is 0 Å². The Morgan fingerprint density at radius 1 is 0.810 bits per heavy atom. The molecule has 100 valence electrons. The number of Topliss-reactive ketones (excluding diaryl/α,β-unsaturated/α-hetero) is 1. The van der Waals surface area contributed by atoms with E-state index in [0.29, 0.717) is 28.0 Å². The van der Waals surface area contributed by atoms with Crippen LogP contribution in [0.5, 0.6) is 0 Å². The predicted octanol–water partition coefficient (Wildman–Crippen LogP) is 3.90. The van der Waals surface area contributed by atoms with E-state index in [2.05, 4.69) is 0 Å². The van der Waals surface area contributed by atoms with E-state index in [1.807, 2.05) is 24.3 Å². The molecule has 0 saturated heterocycles. The Kier molecular flexibility index (Phi) is 2.42. The van der Waals surface area contributed by atoms with E-state index in [0.717, 1.165) is 5.39 Å². The van der Waals surface area contributed by atoms with Crippen LogP contribution in [0.15, 0.2) is 65.1 Å². The van der Waals surface area contributed by atoms with Gasteiger partial charge in [-0.25, -0.2) is 0 Å². The monoisotopic (exact) mass is 274 g/mol. The minimum atomic E-state index is -0.177. The summed E-state index contributed by atoms with van der Waals surface area (Å²) in [7, 11) is 0. The van der Waals surface area contributed by atoms with E-state index >= 15 is 0 Å². The highest BCUT2D eigenvalue weighted by Gasteiger charge is 2.27. The molecule has 0 saturated carbocycles. The third-order valence-electron chi connectivity index (χ3n) is 3.65. The van der Waals surface area contributed by atoms with Gasteiger partial charge in [0.1, 0.15) is 11.3 Å². The van der Waals surface area contributed by atoms with Crippen molar-refractivity contribution < 1.29 is 14.0 Å². The molecule has 1 aliphatic carbocycles. The Labute approximate surface area is 120 Å². The van der Waals surface area contributed by atoms with Crippen LogP contribution in [-0.2, 0) is 0 Å². The van der Waals surface area contributed by atoms with Crippen LogP contribution >= 0.6 is 0 Å². The van der Waals surface area contributed by atoms with Crippen LogP contribution < -0.4 is 0 Å². The third kappa shape index (κ3) is 1.75. The maximum atomic E-state index is 12.6. The molecule has 1 heterocycles. The molecule has 0 unspecified atom stereocenters. The highest BCUT2D eigenvalue weighted by molar-refractivity contribution is 6.38. The van der Waals surface area contributed by atoms with E-state index < -0.39 is 0 Å². The molecule has 0 bridgehead atoms. The van der Waals surface area contributed by atoms with Gasteiger partial charge in [0.05, 0.1) is 5.57 Å². The Bertz CT molecular complexity index is 895. The molecule has 2 aromatic carbocycles. The highest BCUT2D eigenvalue weighted by Crippen LogP contribution is 2.31. The maximum absolute atomic E-state index is 12.6. The molecule has 0 aliphatic heterocycles. The predicted molar refractivity (Wildman–Crippen MR) is 79.3 cm³/mol. The summed E-state index contributed by atoms with van der Waals surface area (Å²) in [6.45, 7) is 0. The van der Waals surface area contributed by atoms with Gasteiger partial charge in [-0.2, -0.15) is 0 Å². The van der Waals surface area contributed by atoms with Crippen LogP contribution in [0.4, 0.5) is 0 Å². The summed E-state index contributed by atoms with van der Waals surface area (Å²) in [5.74, 6) is 0.0916. The number of benzene rings is 2. The van der Waals surface area contributed by atoms with Crippen molar-refractivity contribution in [2.75, 3.05) is 0 Å². The fourth-order valence-corrected chi connectivity index (χ4v) is 2.61. The van der Waals surface area contributed by atoms with Gasteiger partial charge in [-0.15, -0.1) is 0 Å². The van der Waals surface area contributed by atoms with Crippen LogP contribution in [0.3, 0.4) is 0 Å². The van der Waals surface area contributed by atoms with Gasteiger partial charge in [-0.3, -0.25) is 9.59 Å². The van der Waals surface area contributed by atoms with Gasteiger partial charge in [0.25, 0.3) is 0 Å². The minimum absolute atomic E-state index is 0.166. The van der Waals surface area contributed by atoms with Crippen molar-refractivity contribution in [2.24, 2.45) is 0 Å². The summed E-state index contributed by atoms with van der Waals surface area (Å²) in [4.78, 5) is 24.7. The lowest BCUT2D eigenvalue weighted by Crippen LogP contribution is -2.15. The fourth-order valence-electron chi connectivity index (χ4n) is 2.61. The summed E-state index contributed by atoms with van der Waals surface area (Å²) < 4.78 is 5.70. The molecule has 4 rings (SSSR count). The van der Waals surface area contributed by atoms with Gasteiger partial charge < -0.3 is 4.42 Å². The molecule has 0 spiro atoms. The first kappa shape index (κ1) is 11.9. The lowest BCUT2D eigenvalue weighted by atomic mass is 9.88. The lowest BCUT2D eigenvalue weighted by Gasteiger charge is -2.12. The SMILES string of the molecule is O=C1C=C(c2cc3ccccc3o2)C(=O)c2ccccc21. The average Bonchev–Trinajstić information content (AvgIpc) is 2.94. The number of hydrogen-bond donors (Lipinski definition) is 0. The number of ketones is 2. The van der Waals surface area contributed by atoms with Crippen LogP contribution in [0.25, 0.3) is 16.5 Å². The summed E-state index contributed by atoms with van der Waals surface area (Å²) in [6.07, 6.45) is 1.36. The fraction of sp³-hybridized carbons (Fsp3) is 0. The second-order valence-corrected chi connectivity index (χ2v) is 4.95. The molecule has 0 radical (unpaired) electrons. The Morgan fingerprint density at radius 3 is 2.33 bits per heavy atom. The number of rotatable bonds is 1. The van der Waals surface area contributed by atoms with Crippen molar-refractivity contribution in [3.8, 4) is 0 Å². The van der Waals surface area contributed by atoms with E-state index in [-0.39, 0.29) is 11.6 Å². The zero-order valence-corrected chi connectivity index (χ0v) is 11.0. The molecule has 3 heteroatoms. The summed E-state index contributed by atoms with van der Waals surface area (Å²) in [6, 6.07) is 16.2. The first-order chi connectivity index (χ1) is 10.2. The van der Waals surface area contributed by atoms with Crippen molar-refractivity contribution >= 4 is 28.1 Å². The molecule has 1 aliphatic rings. The van der Waals surface area contributed by atoms with E-state index in [4.69, 9.17) is 4.42 Å². The number of carbonyl (C=O) groups excluding carboxylic acids is 2. The Hall–Kier alpha value is -2.94. The van der Waals surface area contributed by atoms with Crippen LogP contribution in [0.2, 0.25) is 0 Å². The van der Waals surface area contributed by atoms with E-state index in [1.54, 1.807) is 30.3 Å². The standard InChI is InChI=1S/C18H10O3/c19-15-10-14(18(20)13-7-3-2-6-12(13)15)17-9-11-5-1-4-8-16(11)21-17/h1-10H. The van der Waals surface area contributed by atoms with Crippen molar-refractivity contribution in [1.82, 2.24) is 0 Å². The van der Waals surface area contributed by atoms with E-state index in [9.17, 15) is 9.59 Å². The molecule has 3 nitrogen and oxygen atoms in total. The van der Waals surface area contributed by atoms with Crippen LogP contribution in [0.1, 0.15) is 26.5 Å². The molecule has 0 fully saturated rings. The topological polar surface area (TPSA) is 47.3 Å². The van der Waals surface area contributed by atoms with Crippen molar-refractivity contribution in [3.63, 3.8) is 0 Å². The Morgan fingerprint density at radius 2 is 1.52 bits per heavy atom. The average molecular weight is 274 g/mol. The van der Waals surface area contributed by atoms with Gasteiger partial charge in [0.2, 0.25) is 0 Å². The van der Waals surface area contributed by atoms with Gasteiger partial charge in [0.15, 0.2) is 11.6 Å². The third-order valence-corrected chi connectivity index (χ3v) is 3.65. The van der Waals surface area contributed by atoms with Crippen molar-refractivity contribution in [3.05, 3.63) is 77.6 Å². The lowest BCUT2D eigenvalue weighted by molar-refractivity contribution is 0.100. The first-order valence-corrected chi connectivity index (χ1v) is 6.63. The highest BCUT2D eigenvalue weighted by atomic mass is 16.3. The Balaban J connectivity index is 1.90. The van der Waals surface area contributed by atoms with Crippen molar-refractivity contribution in [2.45, 2.75) is 0 Å². The second kappa shape index (κ2) is 4.28. The maximum Gasteiger partial charge on any atom is 0.197 e. The molecular weight excluding hydrogens is 264 g/mol. The molecule has 0 atom stereocenters. The number of hydrogen-bond acceptors (Lipinski definition) is 3. The smallest absolute Gasteiger partial charge is 0.197 e. The van der Waals surface area contributed by atoms with E-state index in [1.165, 1.54) is 6.08 Å². The van der Waals surface area contributed by atoms with Gasteiger partial charge in [-0.05, 0) is 12.1 Å². The minimum Gasteiger partial charge on any atom is -0.456 e. The van der Waals surface area contributed by atoms with Crippen molar-refractivity contribution in [1.29, 1.82) is 0 Å². The van der Waals surface area contributed by atoms with Gasteiger partial charge >= 0.3 is 0 Å². The molecule has 1 aromatic heterocycles. The normalized spacial score (nSPS) is 14.2. The molecule has 3 aromatic rings. The number of carbonyl (C=O) groups is 2. The van der Waals surface area contributed by atoms with Crippen LogP contribution in [-0.4, -0.2) is 11.6 Å². The van der Waals surface area contributed by atoms with Gasteiger partial charge in [-0.1, -0.05) is 42.5 Å². The van der Waals surface area contributed by atoms with Gasteiger partial charge in [0, 0.05) is 22.6 Å². The molecule has 21 heavy (non-hydrogen) atoms. The molecular formula is C18H10O3. The second-order valence-electron chi connectivity index (χ2n) is 4.95. The summed E-state index contributed by atoms with van der Waals surface area (Å²) in [5, 5.41) is 0.910. The zero-order valence-electron chi connectivity index (χ0n) is 11.0. The zero-order chi connectivity index (χ0) is 14.4. The number of allylic oxidation sites excluding steroid dienone is 2. The largest absolute Gasteiger partial charge is 0.456 e. The number of furan rings is 1. The molecule has 0 amide bonds.